The highest BCUT2D eigenvalue weighted by Gasteiger charge is 2.11. The molecule has 0 radical (unpaired) electrons. The third-order valence-corrected chi connectivity index (χ3v) is 2.64. The summed E-state index contributed by atoms with van der Waals surface area (Å²) in [6, 6.07) is 7.95. The fourth-order valence-electron chi connectivity index (χ4n) is 1.78. The molecule has 0 spiro atoms. The highest BCUT2D eigenvalue weighted by atomic mass is 16.4. The van der Waals surface area contributed by atoms with Gasteiger partial charge in [-0.15, -0.1) is 0 Å². The first-order valence-corrected chi connectivity index (χ1v) is 5.41. The van der Waals surface area contributed by atoms with Gasteiger partial charge in [0.1, 0.15) is 11.8 Å². The number of furan rings is 1. The van der Waals surface area contributed by atoms with Crippen molar-refractivity contribution in [2.45, 2.75) is 13.5 Å². The van der Waals surface area contributed by atoms with Crippen LogP contribution in [0.3, 0.4) is 0 Å². The van der Waals surface area contributed by atoms with E-state index in [4.69, 9.17) is 14.6 Å². The first-order chi connectivity index (χ1) is 8.26. The summed E-state index contributed by atoms with van der Waals surface area (Å²) >= 11 is 0. The molecule has 4 heteroatoms. The molecule has 3 aromatic rings. The summed E-state index contributed by atoms with van der Waals surface area (Å²) in [7, 11) is 0. The minimum Gasteiger partial charge on any atom is -0.451 e. The van der Waals surface area contributed by atoms with Crippen molar-refractivity contribution in [3.8, 4) is 11.7 Å². The van der Waals surface area contributed by atoms with Gasteiger partial charge >= 0.3 is 0 Å². The molecule has 4 nitrogen and oxygen atoms in total. The first-order valence-electron chi connectivity index (χ1n) is 5.41. The van der Waals surface area contributed by atoms with Crippen LogP contribution >= 0.6 is 0 Å². The fraction of sp³-hybridized carbons (Fsp3) is 0.154. The standard InChI is InChI=1S/C13H12N2O2/c1-8-2-3-11-9(4-8)5-12(17-11)13-15-10(6-14)7-16-13/h2-5,7H,6,14H2,1H3. The number of oxazole rings is 1. The lowest BCUT2D eigenvalue weighted by atomic mass is 10.2. The number of aromatic nitrogens is 1. The van der Waals surface area contributed by atoms with Crippen LogP contribution in [0.5, 0.6) is 0 Å². The van der Waals surface area contributed by atoms with E-state index in [0.29, 0.717) is 18.2 Å². The lowest BCUT2D eigenvalue weighted by molar-refractivity contribution is 0.533. The highest BCUT2D eigenvalue weighted by Crippen LogP contribution is 2.27. The van der Waals surface area contributed by atoms with E-state index < -0.39 is 0 Å². The molecule has 0 atom stereocenters. The second-order valence-electron chi connectivity index (χ2n) is 4.00. The van der Waals surface area contributed by atoms with E-state index in [1.165, 1.54) is 5.56 Å². The van der Waals surface area contributed by atoms with E-state index in [0.717, 1.165) is 16.7 Å². The summed E-state index contributed by atoms with van der Waals surface area (Å²) in [6.07, 6.45) is 1.55. The zero-order valence-electron chi connectivity index (χ0n) is 9.43. The maximum Gasteiger partial charge on any atom is 0.263 e. The quantitative estimate of drug-likeness (QED) is 0.732. The number of rotatable bonds is 2. The van der Waals surface area contributed by atoms with Crippen molar-refractivity contribution in [2.75, 3.05) is 0 Å². The largest absolute Gasteiger partial charge is 0.451 e. The van der Waals surface area contributed by atoms with Crippen LogP contribution in [0, 0.1) is 6.92 Å². The van der Waals surface area contributed by atoms with Gasteiger partial charge in [-0.25, -0.2) is 4.98 Å². The molecule has 0 aliphatic heterocycles. The molecule has 2 heterocycles. The van der Waals surface area contributed by atoms with Crippen molar-refractivity contribution in [1.82, 2.24) is 4.98 Å². The van der Waals surface area contributed by atoms with Crippen LogP contribution in [0.1, 0.15) is 11.3 Å². The van der Waals surface area contributed by atoms with Crippen molar-refractivity contribution in [3.63, 3.8) is 0 Å². The number of aryl methyl sites for hydroxylation is 1. The SMILES string of the molecule is Cc1ccc2oc(-c3nc(CN)co3)cc2c1. The summed E-state index contributed by atoms with van der Waals surface area (Å²) in [5.74, 6) is 1.10. The van der Waals surface area contributed by atoms with Gasteiger partial charge in [0.15, 0.2) is 5.76 Å². The Morgan fingerprint density at radius 1 is 1.29 bits per heavy atom. The van der Waals surface area contributed by atoms with E-state index in [1.807, 2.05) is 25.1 Å². The molecule has 2 N–H and O–H groups in total. The smallest absolute Gasteiger partial charge is 0.263 e. The second kappa shape index (κ2) is 3.75. The minimum atomic E-state index is 0.364. The third-order valence-electron chi connectivity index (χ3n) is 2.64. The van der Waals surface area contributed by atoms with Crippen molar-refractivity contribution in [2.24, 2.45) is 5.73 Å². The summed E-state index contributed by atoms with van der Waals surface area (Å²) in [5, 5.41) is 1.05. The maximum atomic E-state index is 5.67. The molecule has 2 aromatic heterocycles. The molecule has 3 rings (SSSR count). The van der Waals surface area contributed by atoms with Crippen molar-refractivity contribution in [3.05, 3.63) is 41.8 Å². The van der Waals surface area contributed by atoms with Crippen LogP contribution in [0.25, 0.3) is 22.6 Å². The van der Waals surface area contributed by atoms with E-state index in [2.05, 4.69) is 11.1 Å². The molecule has 17 heavy (non-hydrogen) atoms. The number of fused-ring (bicyclic) bond motifs is 1. The molecule has 0 aliphatic carbocycles. The lowest BCUT2D eigenvalue weighted by Gasteiger charge is -1.89. The number of hydrogen-bond donors (Lipinski definition) is 1. The van der Waals surface area contributed by atoms with Gasteiger partial charge in [0.05, 0.1) is 5.69 Å². The predicted octanol–water partition coefficient (Wildman–Crippen LogP) is 2.85. The summed E-state index contributed by atoms with van der Waals surface area (Å²) in [4.78, 5) is 4.23. The summed E-state index contributed by atoms with van der Waals surface area (Å²) < 4.78 is 11.0. The first kappa shape index (κ1) is 10.1. The Bertz CT molecular complexity index is 667. The van der Waals surface area contributed by atoms with Gasteiger partial charge in [-0.3, -0.25) is 0 Å². The van der Waals surface area contributed by atoms with Crippen LogP contribution in [0.2, 0.25) is 0 Å². The summed E-state index contributed by atoms with van der Waals surface area (Å²) in [6.45, 7) is 2.41. The molecule has 0 unspecified atom stereocenters. The van der Waals surface area contributed by atoms with Crippen LogP contribution in [-0.2, 0) is 6.54 Å². The molecule has 0 amide bonds. The minimum absolute atomic E-state index is 0.364. The predicted molar refractivity (Wildman–Crippen MR) is 64.3 cm³/mol. The number of benzene rings is 1. The Morgan fingerprint density at radius 2 is 2.18 bits per heavy atom. The Hall–Kier alpha value is -2.07. The number of hydrogen-bond acceptors (Lipinski definition) is 4. The topological polar surface area (TPSA) is 65.2 Å². The molecule has 0 aliphatic rings. The van der Waals surface area contributed by atoms with Gasteiger partial charge in [-0.05, 0) is 25.1 Å². The average Bonchev–Trinajstić information content (AvgIpc) is 2.93. The third kappa shape index (κ3) is 1.72. The zero-order chi connectivity index (χ0) is 11.8. The van der Waals surface area contributed by atoms with Crippen LogP contribution in [-0.4, -0.2) is 4.98 Å². The Balaban J connectivity index is 2.11. The molecule has 0 saturated heterocycles. The van der Waals surface area contributed by atoms with Gasteiger partial charge in [-0.1, -0.05) is 11.6 Å². The molecule has 86 valence electrons. The molecule has 0 saturated carbocycles. The Kier molecular flexibility index (Phi) is 2.23. The average molecular weight is 228 g/mol. The number of nitrogens with two attached hydrogens (primary N) is 1. The summed E-state index contributed by atoms with van der Waals surface area (Å²) in [5.41, 5.74) is 8.23. The monoisotopic (exact) mass is 228 g/mol. The molecular weight excluding hydrogens is 216 g/mol. The van der Waals surface area contributed by atoms with Gasteiger partial charge in [0.2, 0.25) is 0 Å². The van der Waals surface area contributed by atoms with Crippen LogP contribution in [0.4, 0.5) is 0 Å². The molecule has 0 fully saturated rings. The van der Waals surface area contributed by atoms with Crippen LogP contribution < -0.4 is 5.73 Å². The van der Waals surface area contributed by atoms with Gasteiger partial charge in [-0.2, -0.15) is 0 Å². The van der Waals surface area contributed by atoms with Crippen molar-refractivity contribution in [1.29, 1.82) is 0 Å². The van der Waals surface area contributed by atoms with Crippen LogP contribution in [0.15, 0.2) is 39.4 Å². The van der Waals surface area contributed by atoms with E-state index >= 15 is 0 Å². The molecule has 1 aromatic carbocycles. The maximum absolute atomic E-state index is 5.67. The second-order valence-corrected chi connectivity index (χ2v) is 4.00. The lowest BCUT2D eigenvalue weighted by Crippen LogP contribution is -1.95. The Labute approximate surface area is 98.0 Å². The van der Waals surface area contributed by atoms with Gasteiger partial charge in [0, 0.05) is 11.9 Å². The zero-order valence-corrected chi connectivity index (χ0v) is 9.43. The van der Waals surface area contributed by atoms with Crippen molar-refractivity contribution < 1.29 is 8.83 Å². The van der Waals surface area contributed by atoms with Crippen molar-refractivity contribution >= 4 is 11.0 Å². The normalized spacial score (nSPS) is 11.2. The van der Waals surface area contributed by atoms with Gasteiger partial charge in [0.25, 0.3) is 5.89 Å². The van der Waals surface area contributed by atoms with E-state index in [-0.39, 0.29) is 0 Å². The molecule has 0 bridgehead atoms. The van der Waals surface area contributed by atoms with E-state index in [9.17, 15) is 0 Å². The highest BCUT2D eigenvalue weighted by molar-refractivity contribution is 5.82. The molecular formula is C13H12N2O2. The Morgan fingerprint density at radius 3 is 2.94 bits per heavy atom. The van der Waals surface area contributed by atoms with Gasteiger partial charge < -0.3 is 14.6 Å². The fourth-order valence-corrected chi connectivity index (χ4v) is 1.78. The van der Waals surface area contributed by atoms with E-state index in [1.54, 1.807) is 6.26 Å². The number of nitrogens with zero attached hydrogens (tertiary/aromatic N) is 1.